The zero-order valence-electron chi connectivity index (χ0n) is 14.8. The zero-order chi connectivity index (χ0) is 18.1. The molecule has 6 heteroatoms. The van der Waals surface area contributed by atoms with Crippen molar-refractivity contribution in [2.45, 2.75) is 40.2 Å². The predicted octanol–water partition coefficient (Wildman–Crippen LogP) is 3.48. The Bertz CT molecular complexity index is 787. The molecular formula is C19H23F2N3O. The minimum Gasteiger partial charge on any atom is -0.336 e. The molecular weight excluding hydrogens is 324 g/mol. The summed E-state index contributed by atoms with van der Waals surface area (Å²) in [5.41, 5.74) is 5.99. The standard InChI is InChI=1S/C19H23F2N3O/c1-12-13(2)18(19(25)22-23-9-4-5-10-23)24(14(12)3)11-15-16(20)7-6-8-17(15)21/h6-8H,4-5,9-11H2,1-3H3,(H,22,25). The van der Waals surface area contributed by atoms with Gasteiger partial charge in [-0.2, -0.15) is 0 Å². The Morgan fingerprint density at radius 1 is 1.08 bits per heavy atom. The Morgan fingerprint density at radius 3 is 2.28 bits per heavy atom. The third-order valence-electron chi connectivity index (χ3n) is 5.09. The fourth-order valence-corrected chi connectivity index (χ4v) is 3.38. The molecule has 134 valence electrons. The van der Waals surface area contributed by atoms with E-state index < -0.39 is 11.6 Å². The highest BCUT2D eigenvalue weighted by Gasteiger charge is 2.24. The molecule has 2 heterocycles. The van der Waals surface area contributed by atoms with Crippen molar-refractivity contribution in [3.8, 4) is 0 Å². The van der Waals surface area contributed by atoms with E-state index in [0.717, 1.165) is 42.8 Å². The van der Waals surface area contributed by atoms with Crippen molar-refractivity contribution >= 4 is 5.91 Å². The number of amides is 1. The molecule has 1 fully saturated rings. The Balaban J connectivity index is 1.98. The third kappa shape index (κ3) is 3.31. The van der Waals surface area contributed by atoms with Gasteiger partial charge in [0.2, 0.25) is 0 Å². The Hall–Kier alpha value is -2.21. The smallest absolute Gasteiger partial charge is 0.282 e. The van der Waals surface area contributed by atoms with Crippen LogP contribution in [0, 0.1) is 32.4 Å². The second-order valence-electron chi connectivity index (χ2n) is 6.61. The van der Waals surface area contributed by atoms with Crippen LogP contribution in [0.1, 0.15) is 45.7 Å². The van der Waals surface area contributed by atoms with E-state index in [-0.39, 0.29) is 18.0 Å². The summed E-state index contributed by atoms with van der Waals surface area (Å²) in [5.74, 6) is -1.43. The van der Waals surface area contributed by atoms with Gasteiger partial charge in [-0.3, -0.25) is 10.2 Å². The van der Waals surface area contributed by atoms with Gasteiger partial charge in [-0.1, -0.05) is 6.07 Å². The molecule has 1 saturated heterocycles. The zero-order valence-corrected chi connectivity index (χ0v) is 14.8. The number of carbonyl (C=O) groups excluding carboxylic acids is 1. The van der Waals surface area contributed by atoms with Gasteiger partial charge in [0.15, 0.2) is 0 Å². The maximum atomic E-state index is 14.1. The fraction of sp³-hybridized carbons (Fsp3) is 0.421. The fourth-order valence-electron chi connectivity index (χ4n) is 3.38. The average Bonchev–Trinajstić information content (AvgIpc) is 3.14. The number of hydrogen-bond acceptors (Lipinski definition) is 2. The number of benzene rings is 1. The van der Waals surface area contributed by atoms with E-state index in [9.17, 15) is 13.6 Å². The normalized spacial score (nSPS) is 14.9. The average molecular weight is 347 g/mol. The van der Waals surface area contributed by atoms with E-state index in [1.54, 1.807) is 4.57 Å². The van der Waals surface area contributed by atoms with E-state index in [0.29, 0.717) is 5.69 Å². The molecule has 4 nitrogen and oxygen atoms in total. The van der Waals surface area contributed by atoms with Crippen LogP contribution in [0.25, 0.3) is 0 Å². The summed E-state index contributed by atoms with van der Waals surface area (Å²) in [6.45, 7) is 7.30. The lowest BCUT2D eigenvalue weighted by Gasteiger charge is -2.18. The molecule has 1 aliphatic rings. The summed E-state index contributed by atoms with van der Waals surface area (Å²) < 4.78 is 29.9. The molecule has 3 rings (SSSR count). The number of halogens is 2. The molecule has 0 unspecified atom stereocenters. The van der Waals surface area contributed by atoms with Crippen molar-refractivity contribution in [2.75, 3.05) is 13.1 Å². The Labute approximate surface area is 146 Å². The summed E-state index contributed by atoms with van der Waals surface area (Å²) in [6, 6.07) is 3.82. The van der Waals surface area contributed by atoms with Gasteiger partial charge in [-0.25, -0.2) is 13.8 Å². The third-order valence-corrected chi connectivity index (χ3v) is 5.09. The van der Waals surface area contributed by atoms with Crippen LogP contribution in [0.15, 0.2) is 18.2 Å². The second kappa shape index (κ2) is 6.96. The highest BCUT2D eigenvalue weighted by molar-refractivity contribution is 5.94. The second-order valence-corrected chi connectivity index (χ2v) is 6.61. The van der Waals surface area contributed by atoms with Crippen LogP contribution in [0.4, 0.5) is 8.78 Å². The summed E-state index contributed by atoms with van der Waals surface area (Å²) in [4.78, 5) is 12.8. The Morgan fingerprint density at radius 2 is 1.68 bits per heavy atom. The first-order valence-electron chi connectivity index (χ1n) is 8.55. The quantitative estimate of drug-likeness (QED) is 0.919. The molecule has 1 N–H and O–H groups in total. The Kier molecular flexibility index (Phi) is 4.90. The van der Waals surface area contributed by atoms with E-state index in [1.165, 1.54) is 18.2 Å². The molecule has 1 aliphatic heterocycles. The molecule has 2 aromatic rings. The summed E-state index contributed by atoms with van der Waals surface area (Å²) in [6.07, 6.45) is 2.11. The van der Waals surface area contributed by atoms with Crippen LogP contribution < -0.4 is 5.43 Å². The topological polar surface area (TPSA) is 37.3 Å². The van der Waals surface area contributed by atoms with Gasteiger partial charge in [0.05, 0.1) is 6.54 Å². The molecule has 0 aliphatic carbocycles. The minimum atomic E-state index is -0.602. The van der Waals surface area contributed by atoms with Crippen LogP contribution in [-0.2, 0) is 6.54 Å². The van der Waals surface area contributed by atoms with Crippen molar-refractivity contribution in [3.05, 3.63) is 57.9 Å². The van der Waals surface area contributed by atoms with Crippen LogP contribution in [0.2, 0.25) is 0 Å². The number of hydrazine groups is 1. The van der Waals surface area contributed by atoms with Gasteiger partial charge >= 0.3 is 0 Å². The van der Waals surface area contributed by atoms with E-state index >= 15 is 0 Å². The van der Waals surface area contributed by atoms with E-state index in [4.69, 9.17) is 0 Å². The molecule has 0 radical (unpaired) electrons. The van der Waals surface area contributed by atoms with Gasteiger partial charge < -0.3 is 4.57 Å². The monoisotopic (exact) mass is 347 g/mol. The summed E-state index contributed by atoms with van der Waals surface area (Å²) >= 11 is 0. The number of rotatable bonds is 4. The van der Waals surface area contributed by atoms with Crippen molar-refractivity contribution in [1.29, 1.82) is 0 Å². The van der Waals surface area contributed by atoms with Crippen molar-refractivity contribution in [1.82, 2.24) is 15.0 Å². The minimum absolute atomic E-state index is 0.0121. The number of carbonyl (C=O) groups is 1. The number of aromatic nitrogens is 1. The predicted molar refractivity (Wildman–Crippen MR) is 92.4 cm³/mol. The van der Waals surface area contributed by atoms with Gasteiger partial charge in [-0.15, -0.1) is 0 Å². The first kappa shape index (κ1) is 17.6. The molecule has 1 amide bonds. The lowest BCUT2D eigenvalue weighted by molar-refractivity contribution is 0.0815. The molecule has 0 spiro atoms. The van der Waals surface area contributed by atoms with Gasteiger partial charge in [-0.05, 0) is 56.9 Å². The molecule has 0 bridgehead atoms. The lowest BCUT2D eigenvalue weighted by atomic mass is 10.1. The van der Waals surface area contributed by atoms with Crippen LogP contribution in [0.3, 0.4) is 0 Å². The summed E-state index contributed by atoms with van der Waals surface area (Å²) in [5, 5.41) is 1.90. The molecule has 0 atom stereocenters. The first-order chi connectivity index (χ1) is 11.9. The highest BCUT2D eigenvalue weighted by atomic mass is 19.1. The number of nitrogens with one attached hydrogen (secondary N) is 1. The van der Waals surface area contributed by atoms with E-state index in [2.05, 4.69) is 5.43 Å². The van der Waals surface area contributed by atoms with Gasteiger partial charge in [0.1, 0.15) is 17.3 Å². The largest absolute Gasteiger partial charge is 0.336 e. The van der Waals surface area contributed by atoms with E-state index in [1.807, 2.05) is 25.8 Å². The van der Waals surface area contributed by atoms with Crippen LogP contribution in [0.5, 0.6) is 0 Å². The lowest BCUT2D eigenvalue weighted by Crippen LogP contribution is -2.41. The molecule has 1 aromatic heterocycles. The van der Waals surface area contributed by atoms with Crippen molar-refractivity contribution in [3.63, 3.8) is 0 Å². The van der Waals surface area contributed by atoms with Gasteiger partial charge in [0, 0.05) is 24.3 Å². The number of hydrogen-bond donors (Lipinski definition) is 1. The van der Waals surface area contributed by atoms with Crippen LogP contribution in [-0.4, -0.2) is 28.6 Å². The highest BCUT2D eigenvalue weighted by Crippen LogP contribution is 2.24. The SMILES string of the molecule is Cc1c(C)c(C(=O)NN2CCCC2)n(Cc2c(F)cccc2F)c1C. The first-order valence-corrected chi connectivity index (χ1v) is 8.55. The molecule has 0 saturated carbocycles. The summed E-state index contributed by atoms with van der Waals surface area (Å²) in [7, 11) is 0. The maximum absolute atomic E-state index is 14.1. The van der Waals surface area contributed by atoms with Crippen molar-refractivity contribution in [2.24, 2.45) is 0 Å². The van der Waals surface area contributed by atoms with Gasteiger partial charge in [0.25, 0.3) is 5.91 Å². The van der Waals surface area contributed by atoms with Crippen LogP contribution >= 0.6 is 0 Å². The van der Waals surface area contributed by atoms with Crippen molar-refractivity contribution < 1.29 is 13.6 Å². The molecule has 1 aromatic carbocycles. The maximum Gasteiger partial charge on any atom is 0.282 e. The molecule has 25 heavy (non-hydrogen) atoms. The number of nitrogens with zero attached hydrogens (tertiary/aromatic N) is 2.